The number of halogens is 2. The standard InChI is InChI=1S/C13H16F2/c1-13(2,3)9-11(12(14)15)10-7-5-4-6-8-10/h4-8H,9H2,1-3H3. The largest absolute Gasteiger partial charge is 0.274 e. The van der Waals surface area contributed by atoms with Gasteiger partial charge in [-0.3, -0.25) is 0 Å². The number of hydrogen-bond acceptors (Lipinski definition) is 0. The highest BCUT2D eigenvalue weighted by Gasteiger charge is 2.18. The number of hydrogen-bond donors (Lipinski definition) is 0. The van der Waals surface area contributed by atoms with E-state index in [0.717, 1.165) is 0 Å². The Labute approximate surface area is 89.6 Å². The molecule has 0 spiro atoms. The second-order valence-corrected chi connectivity index (χ2v) is 4.84. The molecule has 0 fully saturated rings. The van der Waals surface area contributed by atoms with Crippen molar-refractivity contribution in [2.75, 3.05) is 0 Å². The van der Waals surface area contributed by atoms with E-state index in [-0.39, 0.29) is 11.0 Å². The minimum atomic E-state index is -1.57. The zero-order valence-electron chi connectivity index (χ0n) is 9.35. The van der Waals surface area contributed by atoms with Crippen LogP contribution >= 0.6 is 0 Å². The number of rotatable bonds is 2. The van der Waals surface area contributed by atoms with E-state index in [9.17, 15) is 8.78 Å². The van der Waals surface area contributed by atoms with Gasteiger partial charge in [0.05, 0.1) is 0 Å². The van der Waals surface area contributed by atoms with E-state index in [4.69, 9.17) is 0 Å². The summed E-state index contributed by atoms with van der Waals surface area (Å²) in [7, 11) is 0. The SMILES string of the molecule is CC(C)(C)CC(=C(F)F)c1ccccc1. The molecule has 0 radical (unpaired) electrons. The molecule has 0 nitrogen and oxygen atoms in total. The molecule has 0 amide bonds. The third kappa shape index (κ3) is 3.82. The van der Waals surface area contributed by atoms with Gasteiger partial charge in [0.2, 0.25) is 0 Å². The lowest BCUT2D eigenvalue weighted by Gasteiger charge is -2.19. The van der Waals surface area contributed by atoms with Crippen LogP contribution in [0.2, 0.25) is 0 Å². The van der Waals surface area contributed by atoms with E-state index in [2.05, 4.69) is 0 Å². The predicted molar refractivity (Wildman–Crippen MR) is 59.7 cm³/mol. The third-order valence-electron chi connectivity index (χ3n) is 2.06. The van der Waals surface area contributed by atoms with Crippen molar-refractivity contribution < 1.29 is 8.78 Å². The Balaban J connectivity index is 3.02. The average Bonchev–Trinajstić information content (AvgIpc) is 2.14. The van der Waals surface area contributed by atoms with Gasteiger partial charge >= 0.3 is 0 Å². The Bertz CT molecular complexity index is 341. The van der Waals surface area contributed by atoms with Gasteiger partial charge in [-0.2, -0.15) is 8.78 Å². The first-order valence-corrected chi connectivity index (χ1v) is 5.00. The maximum absolute atomic E-state index is 12.8. The molecule has 0 atom stereocenters. The van der Waals surface area contributed by atoms with Gasteiger partial charge in [-0.25, -0.2) is 0 Å². The molecule has 0 N–H and O–H groups in total. The Morgan fingerprint density at radius 2 is 1.60 bits per heavy atom. The van der Waals surface area contributed by atoms with Crippen molar-refractivity contribution in [2.45, 2.75) is 27.2 Å². The van der Waals surface area contributed by atoms with Crippen LogP contribution in [0.15, 0.2) is 36.4 Å². The molecule has 2 heteroatoms. The maximum atomic E-state index is 12.8. The van der Waals surface area contributed by atoms with Crippen molar-refractivity contribution in [2.24, 2.45) is 5.41 Å². The lowest BCUT2D eigenvalue weighted by molar-refractivity contribution is 0.393. The molecular formula is C13H16F2. The first-order valence-electron chi connectivity index (χ1n) is 5.00. The van der Waals surface area contributed by atoms with E-state index in [1.807, 2.05) is 26.8 Å². The third-order valence-corrected chi connectivity index (χ3v) is 2.06. The minimum absolute atomic E-state index is 0.130. The lowest BCUT2D eigenvalue weighted by atomic mass is 9.86. The first-order chi connectivity index (χ1) is 6.90. The highest BCUT2D eigenvalue weighted by Crippen LogP contribution is 2.33. The molecule has 0 unspecified atom stereocenters. The van der Waals surface area contributed by atoms with Crippen molar-refractivity contribution in [3.05, 3.63) is 42.0 Å². The summed E-state index contributed by atoms with van der Waals surface area (Å²) < 4.78 is 25.6. The summed E-state index contributed by atoms with van der Waals surface area (Å²) >= 11 is 0. The zero-order valence-corrected chi connectivity index (χ0v) is 9.35. The summed E-state index contributed by atoms with van der Waals surface area (Å²) in [5.74, 6) is 0. The van der Waals surface area contributed by atoms with Crippen molar-refractivity contribution in [3.8, 4) is 0 Å². The predicted octanol–water partition coefficient (Wildman–Crippen LogP) is 4.73. The Hall–Kier alpha value is -1.18. The molecule has 1 aromatic rings. The van der Waals surface area contributed by atoms with Crippen LogP contribution in [0.4, 0.5) is 8.78 Å². The molecule has 1 aromatic carbocycles. The van der Waals surface area contributed by atoms with E-state index in [1.165, 1.54) is 0 Å². The van der Waals surface area contributed by atoms with Gasteiger partial charge in [-0.05, 0) is 17.4 Å². The molecule has 82 valence electrons. The second kappa shape index (κ2) is 4.56. The Morgan fingerprint density at radius 3 is 2.00 bits per heavy atom. The fraction of sp³-hybridized carbons (Fsp3) is 0.385. The average molecular weight is 210 g/mol. The summed E-state index contributed by atoms with van der Waals surface area (Å²) in [6.07, 6.45) is -1.18. The molecule has 0 aliphatic heterocycles. The molecule has 0 saturated carbocycles. The van der Waals surface area contributed by atoms with Gasteiger partial charge in [0.25, 0.3) is 6.08 Å². The van der Waals surface area contributed by atoms with Gasteiger partial charge in [0, 0.05) is 5.57 Å². The van der Waals surface area contributed by atoms with Gasteiger partial charge in [-0.15, -0.1) is 0 Å². The molecule has 0 aromatic heterocycles. The topological polar surface area (TPSA) is 0 Å². The van der Waals surface area contributed by atoms with Gasteiger partial charge < -0.3 is 0 Å². The molecule has 0 heterocycles. The van der Waals surface area contributed by atoms with E-state index < -0.39 is 6.08 Å². The highest BCUT2D eigenvalue weighted by molar-refractivity contribution is 5.66. The smallest absolute Gasteiger partial charge is 0.173 e. The Morgan fingerprint density at radius 1 is 1.07 bits per heavy atom. The molecule has 0 bridgehead atoms. The molecule has 15 heavy (non-hydrogen) atoms. The van der Waals surface area contributed by atoms with Crippen molar-refractivity contribution in [1.82, 2.24) is 0 Å². The summed E-state index contributed by atoms with van der Waals surface area (Å²) in [6, 6.07) is 8.83. The normalized spacial score (nSPS) is 11.3. The number of allylic oxidation sites excluding steroid dienone is 1. The van der Waals surface area contributed by atoms with Gasteiger partial charge in [0.1, 0.15) is 0 Å². The highest BCUT2D eigenvalue weighted by atomic mass is 19.3. The van der Waals surface area contributed by atoms with E-state index >= 15 is 0 Å². The van der Waals surface area contributed by atoms with Crippen LogP contribution in [0.3, 0.4) is 0 Å². The van der Waals surface area contributed by atoms with Crippen LogP contribution in [0.1, 0.15) is 32.8 Å². The van der Waals surface area contributed by atoms with Crippen LogP contribution in [-0.4, -0.2) is 0 Å². The fourth-order valence-corrected chi connectivity index (χ4v) is 1.45. The second-order valence-electron chi connectivity index (χ2n) is 4.84. The summed E-state index contributed by atoms with van der Waals surface area (Å²) in [5.41, 5.74) is 0.643. The summed E-state index contributed by atoms with van der Waals surface area (Å²) in [4.78, 5) is 0. The first kappa shape index (κ1) is 11.9. The molecule has 0 aliphatic carbocycles. The summed E-state index contributed by atoms with van der Waals surface area (Å²) in [5, 5.41) is 0. The maximum Gasteiger partial charge on any atom is 0.274 e. The zero-order chi connectivity index (χ0) is 11.5. The van der Waals surface area contributed by atoms with E-state index in [0.29, 0.717) is 12.0 Å². The van der Waals surface area contributed by atoms with Crippen molar-refractivity contribution in [3.63, 3.8) is 0 Å². The van der Waals surface area contributed by atoms with Gasteiger partial charge in [-0.1, -0.05) is 51.1 Å². The van der Waals surface area contributed by atoms with Crippen molar-refractivity contribution in [1.29, 1.82) is 0 Å². The van der Waals surface area contributed by atoms with Crippen LogP contribution in [-0.2, 0) is 0 Å². The van der Waals surface area contributed by atoms with Crippen LogP contribution in [0.5, 0.6) is 0 Å². The fourth-order valence-electron chi connectivity index (χ4n) is 1.45. The molecule has 0 saturated heterocycles. The molecular weight excluding hydrogens is 194 g/mol. The van der Waals surface area contributed by atoms with Crippen LogP contribution < -0.4 is 0 Å². The quantitative estimate of drug-likeness (QED) is 0.662. The minimum Gasteiger partial charge on any atom is -0.173 e. The lowest BCUT2D eigenvalue weighted by Crippen LogP contribution is -2.06. The number of benzene rings is 1. The summed E-state index contributed by atoms with van der Waals surface area (Å²) in [6.45, 7) is 5.87. The van der Waals surface area contributed by atoms with Crippen LogP contribution in [0, 0.1) is 5.41 Å². The monoisotopic (exact) mass is 210 g/mol. The molecule has 1 rings (SSSR count). The molecule has 0 aliphatic rings. The van der Waals surface area contributed by atoms with Gasteiger partial charge in [0.15, 0.2) is 0 Å². The Kier molecular flexibility index (Phi) is 3.61. The van der Waals surface area contributed by atoms with E-state index in [1.54, 1.807) is 24.3 Å². The van der Waals surface area contributed by atoms with Crippen molar-refractivity contribution >= 4 is 5.57 Å². The van der Waals surface area contributed by atoms with Crippen LogP contribution in [0.25, 0.3) is 5.57 Å².